The molecule has 0 bridgehead atoms. The van der Waals surface area contributed by atoms with Crippen molar-refractivity contribution in [2.24, 2.45) is 0 Å². The second-order valence-corrected chi connectivity index (χ2v) is 7.46. The van der Waals surface area contributed by atoms with Gasteiger partial charge >= 0.3 is 5.97 Å². The zero-order valence-corrected chi connectivity index (χ0v) is 17.0. The minimum atomic E-state index is -0.0658. The molecule has 0 saturated carbocycles. The highest BCUT2D eigenvalue weighted by Crippen LogP contribution is 2.14. The molecular formula is C20H39BrO2. The topological polar surface area (TPSA) is 26.3 Å². The Bertz CT molecular complexity index is 244. The normalized spacial score (nSPS) is 10.9. The van der Waals surface area contributed by atoms with Gasteiger partial charge in [-0.2, -0.15) is 0 Å². The van der Waals surface area contributed by atoms with E-state index in [0.29, 0.717) is 6.42 Å². The zero-order chi connectivity index (χ0) is 17.0. The molecule has 0 aromatic rings. The van der Waals surface area contributed by atoms with Crippen LogP contribution in [0.25, 0.3) is 0 Å². The van der Waals surface area contributed by atoms with E-state index in [4.69, 9.17) is 0 Å². The van der Waals surface area contributed by atoms with Crippen molar-refractivity contribution in [2.45, 2.75) is 109 Å². The molecule has 0 heterocycles. The van der Waals surface area contributed by atoms with Crippen LogP contribution >= 0.6 is 15.9 Å². The standard InChI is InChI=1S/C20H39BrO2/c1-23-20(22)18-16-14-12-10-8-6-4-2-3-5-7-9-11-13-15-17-19-21/h2-19H2,1H3. The van der Waals surface area contributed by atoms with Crippen LogP contribution in [0.2, 0.25) is 0 Å². The van der Waals surface area contributed by atoms with Gasteiger partial charge in [0, 0.05) is 11.8 Å². The van der Waals surface area contributed by atoms with Crippen LogP contribution in [0.3, 0.4) is 0 Å². The van der Waals surface area contributed by atoms with E-state index in [0.717, 1.165) is 6.42 Å². The summed E-state index contributed by atoms with van der Waals surface area (Å²) in [4.78, 5) is 10.9. The summed E-state index contributed by atoms with van der Waals surface area (Å²) < 4.78 is 4.64. The van der Waals surface area contributed by atoms with Gasteiger partial charge in [0.2, 0.25) is 0 Å². The molecule has 0 aromatic carbocycles. The molecule has 0 radical (unpaired) electrons. The molecule has 0 spiro atoms. The Hall–Kier alpha value is -0.0500. The lowest BCUT2D eigenvalue weighted by Gasteiger charge is -2.03. The van der Waals surface area contributed by atoms with Gasteiger partial charge < -0.3 is 4.74 Å². The van der Waals surface area contributed by atoms with Crippen LogP contribution in [0.4, 0.5) is 0 Å². The van der Waals surface area contributed by atoms with Gasteiger partial charge in [-0.25, -0.2) is 0 Å². The van der Waals surface area contributed by atoms with E-state index in [2.05, 4.69) is 20.7 Å². The molecule has 23 heavy (non-hydrogen) atoms. The molecule has 0 aliphatic carbocycles. The number of carbonyl (C=O) groups is 1. The predicted molar refractivity (Wildman–Crippen MR) is 104 cm³/mol. The first-order chi connectivity index (χ1) is 11.3. The molecule has 0 aromatic heterocycles. The van der Waals surface area contributed by atoms with Crippen LogP contribution < -0.4 is 0 Å². The summed E-state index contributed by atoms with van der Waals surface area (Å²) in [7, 11) is 1.47. The van der Waals surface area contributed by atoms with Crippen LogP contribution in [-0.4, -0.2) is 18.4 Å². The first-order valence-electron chi connectivity index (χ1n) is 9.94. The van der Waals surface area contributed by atoms with Crippen molar-refractivity contribution in [3.05, 3.63) is 0 Å². The van der Waals surface area contributed by atoms with E-state index in [1.807, 2.05) is 0 Å². The van der Waals surface area contributed by atoms with Gasteiger partial charge in [-0.15, -0.1) is 0 Å². The van der Waals surface area contributed by atoms with Crippen LogP contribution in [0, 0.1) is 0 Å². The molecule has 0 saturated heterocycles. The molecule has 3 heteroatoms. The van der Waals surface area contributed by atoms with E-state index >= 15 is 0 Å². The lowest BCUT2D eigenvalue weighted by Crippen LogP contribution is -1.99. The molecule has 0 N–H and O–H groups in total. The minimum Gasteiger partial charge on any atom is -0.469 e. The van der Waals surface area contributed by atoms with Crippen LogP contribution in [0.1, 0.15) is 109 Å². The Kier molecular flexibility index (Phi) is 20.0. The molecule has 0 aliphatic heterocycles. The molecule has 0 atom stereocenters. The predicted octanol–water partition coefficient (Wildman–Crippen LogP) is 7.19. The number of alkyl halides is 1. The Balaban J connectivity index is 2.99. The third kappa shape index (κ3) is 19.9. The van der Waals surface area contributed by atoms with Gasteiger partial charge in [0.1, 0.15) is 0 Å². The maximum Gasteiger partial charge on any atom is 0.305 e. The number of ether oxygens (including phenoxy) is 1. The number of methoxy groups -OCH3 is 1. The molecule has 0 fully saturated rings. The van der Waals surface area contributed by atoms with Gasteiger partial charge in [-0.1, -0.05) is 106 Å². The SMILES string of the molecule is COC(=O)CCCCCCCCCCCCCCCCCCBr. The van der Waals surface area contributed by atoms with Crippen molar-refractivity contribution < 1.29 is 9.53 Å². The van der Waals surface area contributed by atoms with Crippen LogP contribution in [-0.2, 0) is 9.53 Å². The van der Waals surface area contributed by atoms with Gasteiger partial charge in [-0.3, -0.25) is 4.79 Å². The van der Waals surface area contributed by atoms with Gasteiger partial charge in [0.15, 0.2) is 0 Å². The summed E-state index contributed by atoms with van der Waals surface area (Å²) in [5.74, 6) is -0.0658. The monoisotopic (exact) mass is 390 g/mol. The van der Waals surface area contributed by atoms with Crippen molar-refractivity contribution in [1.82, 2.24) is 0 Å². The van der Waals surface area contributed by atoms with Gasteiger partial charge in [0.25, 0.3) is 0 Å². The first-order valence-corrected chi connectivity index (χ1v) is 11.1. The highest BCUT2D eigenvalue weighted by atomic mass is 79.9. The average molecular weight is 391 g/mol. The Morgan fingerprint density at radius 1 is 0.609 bits per heavy atom. The lowest BCUT2D eigenvalue weighted by molar-refractivity contribution is -0.140. The molecule has 0 amide bonds. The van der Waals surface area contributed by atoms with E-state index in [1.165, 1.54) is 109 Å². The lowest BCUT2D eigenvalue weighted by atomic mass is 10.0. The number of esters is 1. The maximum absolute atomic E-state index is 10.9. The summed E-state index contributed by atoms with van der Waals surface area (Å²) in [6, 6.07) is 0. The second-order valence-electron chi connectivity index (χ2n) is 6.67. The summed E-state index contributed by atoms with van der Waals surface area (Å²) in [5.41, 5.74) is 0. The quantitative estimate of drug-likeness (QED) is 0.140. The number of hydrogen-bond acceptors (Lipinski definition) is 2. The highest BCUT2D eigenvalue weighted by Gasteiger charge is 1.99. The average Bonchev–Trinajstić information content (AvgIpc) is 2.57. The fourth-order valence-corrected chi connectivity index (χ4v) is 3.34. The molecule has 2 nitrogen and oxygen atoms in total. The summed E-state index contributed by atoms with van der Waals surface area (Å²) in [5, 5.41) is 1.17. The summed E-state index contributed by atoms with van der Waals surface area (Å²) >= 11 is 3.48. The van der Waals surface area contributed by atoms with Gasteiger partial charge in [0.05, 0.1) is 7.11 Å². The Morgan fingerprint density at radius 2 is 0.913 bits per heavy atom. The summed E-state index contributed by atoms with van der Waals surface area (Å²) in [6.45, 7) is 0. The molecule has 138 valence electrons. The highest BCUT2D eigenvalue weighted by molar-refractivity contribution is 9.09. The van der Waals surface area contributed by atoms with Crippen molar-refractivity contribution in [3.63, 3.8) is 0 Å². The zero-order valence-electron chi connectivity index (χ0n) is 15.4. The molecule has 0 aliphatic rings. The Morgan fingerprint density at radius 3 is 1.22 bits per heavy atom. The number of halogens is 1. The number of unbranched alkanes of at least 4 members (excludes halogenated alkanes) is 15. The third-order valence-electron chi connectivity index (χ3n) is 4.49. The third-order valence-corrected chi connectivity index (χ3v) is 5.05. The van der Waals surface area contributed by atoms with Crippen LogP contribution in [0.15, 0.2) is 0 Å². The van der Waals surface area contributed by atoms with Crippen LogP contribution in [0.5, 0.6) is 0 Å². The summed E-state index contributed by atoms with van der Waals surface area (Å²) in [6.07, 6.45) is 22.3. The van der Waals surface area contributed by atoms with E-state index in [-0.39, 0.29) is 5.97 Å². The number of rotatable bonds is 18. The van der Waals surface area contributed by atoms with Gasteiger partial charge in [-0.05, 0) is 12.8 Å². The fourth-order valence-electron chi connectivity index (χ4n) is 2.94. The first kappa shape index (κ1) is 22.9. The van der Waals surface area contributed by atoms with Crippen molar-refractivity contribution in [1.29, 1.82) is 0 Å². The minimum absolute atomic E-state index is 0.0658. The second kappa shape index (κ2) is 20.0. The maximum atomic E-state index is 10.9. The van der Waals surface area contributed by atoms with Crippen molar-refractivity contribution in [3.8, 4) is 0 Å². The van der Waals surface area contributed by atoms with Crippen molar-refractivity contribution in [2.75, 3.05) is 12.4 Å². The molecule has 0 rings (SSSR count). The van der Waals surface area contributed by atoms with Crippen molar-refractivity contribution >= 4 is 21.9 Å². The number of carbonyl (C=O) groups excluding carboxylic acids is 1. The molecular weight excluding hydrogens is 352 g/mol. The van der Waals surface area contributed by atoms with E-state index in [1.54, 1.807) is 0 Å². The number of hydrogen-bond donors (Lipinski definition) is 0. The van der Waals surface area contributed by atoms with E-state index < -0.39 is 0 Å². The molecule has 0 unspecified atom stereocenters. The fraction of sp³-hybridized carbons (Fsp3) is 0.950. The van der Waals surface area contributed by atoms with E-state index in [9.17, 15) is 4.79 Å². The smallest absolute Gasteiger partial charge is 0.305 e. The Labute approximate surface area is 153 Å². The largest absolute Gasteiger partial charge is 0.469 e.